The molecule has 72 valence electrons. The number of hydrogen-bond donors (Lipinski definition) is 0. The van der Waals surface area contributed by atoms with Gasteiger partial charge < -0.3 is 0 Å². The van der Waals surface area contributed by atoms with Crippen molar-refractivity contribution in [3.05, 3.63) is 45.5 Å². The van der Waals surface area contributed by atoms with Gasteiger partial charge in [-0.2, -0.15) is 0 Å². The smallest absolute Gasteiger partial charge is 0.279 e. The molecule has 0 N–H and O–H groups in total. The molecule has 0 saturated heterocycles. The third-order valence-electron chi connectivity index (χ3n) is 1.81. The van der Waals surface area contributed by atoms with Crippen LogP contribution in [0.2, 0.25) is 0 Å². The molecule has 0 unspecified atom stereocenters. The van der Waals surface area contributed by atoms with Crippen molar-refractivity contribution in [1.82, 2.24) is 0 Å². The van der Waals surface area contributed by atoms with Crippen molar-refractivity contribution in [2.45, 2.75) is 6.92 Å². The quantitative estimate of drug-likeness (QED) is 0.318. The number of nitro groups is 1. The van der Waals surface area contributed by atoms with E-state index in [2.05, 4.69) is 0 Å². The molecule has 14 heavy (non-hydrogen) atoms. The van der Waals surface area contributed by atoms with Crippen molar-refractivity contribution in [3.63, 3.8) is 0 Å². The number of nitrogens with zero attached hydrogens (tertiary/aromatic N) is 1. The Labute approximate surface area is 81.0 Å². The molecule has 0 saturated carbocycles. The van der Waals surface area contributed by atoms with Crippen LogP contribution < -0.4 is 0 Å². The minimum absolute atomic E-state index is 0.0469. The molecular formula is C10H9NO3. The van der Waals surface area contributed by atoms with Gasteiger partial charge in [-0.3, -0.25) is 14.9 Å². The van der Waals surface area contributed by atoms with Crippen LogP contribution in [0.25, 0.3) is 6.08 Å². The summed E-state index contributed by atoms with van der Waals surface area (Å²) in [5, 5.41) is 10.7. The van der Waals surface area contributed by atoms with Crippen LogP contribution in [0.5, 0.6) is 0 Å². The molecule has 0 aliphatic carbocycles. The maximum Gasteiger partial charge on any atom is 0.279 e. The highest BCUT2D eigenvalue weighted by atomic mass is 16.6. The summed E-state index contributed by atoms with van der Waals surface area (Å²) in [6, 6.07) is 4.98. The summed E-state index contributed by atoms with van der Waals surface area (Å²) in [5.74, 6) is 0. The first-order valence-electron chi connectivity index (χ1n) is 4.02. The van der Waals surface area contributed by atoms with Gasteiger partial charge in [-0.05, 0) is 25.1 Å². The van der Waals surface area contributed by atoms with E-state index in [1.54, 1.807) is 25.1 Å². The summed E-state index contributed by atoms with van der Waals surface area (Å²) in [4.78, 5) is 20.3. The van der Waals surface area contributed by atoms with Gasteiger partial charge in [0.25, 0.3) is 5.69 Å². The number of nitro benzene ring substituents is 1. The van der Waals surface area contributed by atoms with Crippen LogP contribution >= 0.6 is 0 Å². The van der Waals surface area contributed by atoms with Crippen LogP contribution in [-0.2, 0) is 4.79 Å². The lowest BCUT2D eigenvalue weighted by Crippen LogP contribution is -1.94. The molecule has 1 rings (SSSR count). The normalized spacial score (nSPS) is 10.4. The zero-order valence-electron chi connectivity index (χ0n) is 7.64. The lowest BCUT2D eigenvalue weighted by atomic mass is 10.1. The minimum atomic E-state index is -0.445. The molecule has 4 nitrogen and oxygen atoms in total. The molecule has 0 radical (unpaired) electrons. The van der Waals surface area contributed by atoms with Crippen LogP contribution in [0.15, 0.2) is 24.3 Å². The largest absolute Gasteiger partial charge is 0.299 e. The molecule has 0 fully saturated rings. The predicted octanol–water partition coefficient (Wildman–Crippen LogP) is 2.12. The number of aryl methyl sites for hydroxylation is 1. The summed E-state index contributed by atoms with van der Waals surface area (Å²) >= 11 is 0. The fourth-order valence-corrected chi connectivity index (χ4v) is 1.21. The van der Waals surface area contributed by atoms with E-state index in [4.69, 9.17) is 0 Å². The second-order valence-corrected chi connectivity index (χ2v) is 2.77. The fourth-order valence-electron chi connectivity index (χ4n) is 1.21. The van der Waals surface area contributed by atoms with Gasteiger partial charge in [-0.1, -0.05) is 12.1 Å². The lowest BCUT2D eigenvalue weighted by Gasteiger charge is -1.99. The third-order valence-corrected chi connectivity index (χ3v) is 1.81. The van der Waals surface area contributed by atoms with Crippen LogP contribution in [0, 0.1) is 17.0 Å². The van der Waals surface area contributed by atoms with Crippen LogP contribution in [-0.4, -0.2) is 11.2 Å². The fraction of sp³-hybridized carbons (Fsp3) is 0.100. The summed E-state index contributed by atoms with van der Waals surface area (Å²) in [7, 11) is 0. The molecule has 0 heterocycles. The molecule has 1 aromatic rings. The van der Waals surface area contributed by atoms with E-state index < -0.39 is 4.92 Å². The summed E-state index contributed by atoms with van der Waals surface area (Å²) in [6.07, 6.45) is 3.26. The van der Waals surface area contributed by atoms with E-state index in [9.17, 15) is 14.9 Å². The Balaban J connectivity index is 3.27. The van der Waals surface area contributed by atoms with Gasteiger partial charge in [-0.15, -0.1) is 0 Å². The molecular weight excluding hydrogens is 182 g/mol. The zero-order valence-corrected chi connectivity index (χ0v) is 7.64. The van der Waals surface area contributed by atoms with Gasteiger partial charge >= 0.3 is 0 Å². The monoisotopic (exact) mass is 191 g/mol. The van der Waals surface area contributed by atoms with Crippen LogP contribution in [0.4, 0.5) is 5.69 Å². The maximum atomic E-state index is 10.7. The highest BCUT2D eigenvalue weighted by Gasteiger charge is 2.13. The first-order valence-corrected chi connectivity index (χ1v) is 4.02. The van der Waals surface area contributed by atoms with E-state index >= 15 is 0 Å². The van der Waals surface area contributed by atoms with Crippen LogP contribution in [0.1, 0.15) is 11.1 Å². The molecule has 0 amide bonds. The Morgan fingerprint density at radius 2 is 2.14 bits per heavy atom. The van der Waals surface area contributed by atoms with E-state index in [1.807, 2.05) is 0 Å². The highest BCUT2D eigenvalue weighted by molar-refractivity contribution is 5.76. The predicted molar refractivity (Wildman–Crippen MR) is 52.9 cm³/mol. The number of aldehydes is 1. The summed E-state index contributed by atoms with van der Waals surface area (Å²) in [6.45, 7) is 1.66. The van der Waals surface area contributed by atoms with E-state index in [0.717, 1.165) is 0 Å². The van der Waals surface area contributed by atoms with Crippen molar-refractivity contribution < 1.29 is 9.72 Å². The van der Waals surface area contributed by atoms with Crippen molar-refractivity contribution in [3.8, 4) is 0 Å². The van der Waals surface area contributed by atoms with Gasteiger partial charge in [0.2, 0.25) is 0 Å². The van der Waals surface area contributed by atoms with Crippen molar-refractivity contribution in [2.75, 3.05) is 0 Å². The number of benzene rings is 1. The number of allylic oxidation sites excluding steroid dienone is 1. The maximum absolute atomic E-state index is 10.7. The molecule has 4 heteroatoms. The Kier molecular flexibility index (Phi) is 3.12. The average molecular weight is 191 g/mol. The Morgan fingerprint density at radius 3 is 2.71 bits per heavy atom. The van der Waals surface area contributed by atoms with Gasteiger partial charge in [0.15, 0.2) is 0 Å². The lowest BCUT2D eigenvalue weighted by molar-refractivity contribution is -0.385. The third kappa shape index (κ3) is 2.04. The number of para-hydroxylation sites is 1. The van der Waals surface area contributed by atoms with Gasteiger partial charge in [0.1, 0.15) is 6.29 Å². The first-order chi connectivity index (χ1) is 6.66. The molecule has 0 aliphatic rings. The van der Waals surface area contributed by atoms with Crippen molar-refractivity contribution >= 4 is 18.0 Å². The van der Waals surface area contributed by atoms with E-state index in [0.29, 0.717) is 17.4 Å². The minimum Gasteiger partial charge on any atom is -0.299 e. The summed E-state index contributed by atoms with van der Waals surface area (Å²) in [5.41, 5.74) is 1.08. The number of hydrogen-bond acceptors (Lipinski definition) is 3. The molecule has 0 aliphatic heterocycles. The first kappa shape index (κ1) is 10.1. The number of carbonyl (C=O) groups is 1. The van der Waals surface area contributed by atoms with Crippen molar-refractivity contribution in [2.24, 2.45) is 0 Å². The molecule has 0 aromatic heterocycles. The van der Waals surface area contributed by atoms with Gasteiger partial charge in [0.05, 0.1) is 10.5 Å². The SMILES string of the molecule is Cc1cccc(/C=C/C=O)c1[N+](=O)[O-]. The van der Waals surface area contributed by atoms with Crippen molar-refractivity contribution in [1.29, 1.82) is 0 Å². The Bertz CT molecular complexity index is 396. The second-order valence-electron chi connectivity index (χ2n) is 2.77. The average Bonchev–Trinajstić information content (AvgIpc) is 2.14. The van der Waals surface area contributed by atoms with E-state index in [1.165, 1.54) is 12.2 Å². The molecule has 1 aromatic carbocycles. The number of carbonyl (C=O) groups excluding carboxylic acids is 1. The zero-order chi connectivity index (χ0) is 10.6. The van der Waals surface area contributed by atoms with Gasteiger partial charge in [0, 0.05) is 5.56 Å². The second kappa shape index (κ2) is 4.32. The highest BCUT2D eigenvalue weighted by Crippen LogP contribution is 2.23. The Hall–Kier alpha value is -1.97. The standard InChI is InChI=1S/C10H9NO3/c1-8-4-2-5-9(6-3-7-12)10(8)11(13)14/h2-7H,1H3/b6-3+. The topological polar surface area (TPSA) is 60.2 Å². The van der Waals surface area contributed by atoms with Crippen LogP contribution in [0.3, 0.4) is 0 Å². The van der Waals surface area contributed by atoms with Gasteiger partial charge in [-0.25, -0.2) is 0 Å². The molecule has 0 atom stereocenters. The Morgan fingerprint density at radius 1 is 1.43 bits per heavy atom. The van der Waals surface area contributed by atoms with E-state index in [-0.39, 0.29) is 5.69 Å². The summed E-state index contributed by atoms with van der Waals surface area (Å²) < 4.78 is 0. The molecule has 0 spiro atoms. The molecule has 0 bridgehead atoms. The number of rotatable bonds is 3.